The van der Waals surface area contributed by atoms with Gasteiger partial charge in [-0.1, -0.05) is 15.9 Å². The minimum Gasteiger partial charge on any atom is -0.469 e. The number of hydrogen-bond donors (Lipinski definition) is 0. The van der Waals surface area contributed by atoms with Gasteiger partial charge in [0, 0.05) is 16.2 Å². The summed E-state index contributed by atoms with van der Waals surface area (Å²) in [5, 5.41) is 8.74. The number of ether oxygens (including phenoxy) is 1. The van der Waals surface area contributed by atoms with Gasteiger partial charge in [-0.15, -0.1) is 0 Å². The maximum Gasteiger partial charge on any atom is 0.310 e. The van der Waals surface area contributed by atoms with Crippen molar-refractivity contribution in [3.05, 3.63) is 28.0 Å². The Labute approximate surface area is 89.6 Å². The van der Waals surface area contributed by atoms with E-state index in [2.05, 4.69) is 25.7 Å². The zero-order valence-corrected chi connectivity index (χ0v) is 9.04. The molecule has 1 aromatic heterocycles. The molecule has 0 atom stereocenters. The highest BCUT2D eigenvalue weighted by Crippen LogP contribution is 2.19. The molecule has 5 heteroatoms. The Morgan fingerprint density at radius 1 is 1.79 bits per heavy atom. The summed E-state index contributed by atoms with van der Waals surface area (Å²) in [6.45, 7) is 0. The Kier molecular flexibility index (Phi) is 3.60. The average molecular weight is 255 g/mol. The summed E-state index contributed by atoms with van der Waals surface area (Å²) in [6, 6.07) is 3.60. The molecule has 0 unspecified atom stereocenters. The summed E-state index contributed by atoms with van der Waals surface area (Å²) >= 11 is 3.25. The molecule has 0 saturated carbocycles. The second kappa shape index (κ2) is 4.72. The maximum atomic E-state index is 11.0. The van der Waals surface area contributed by atoms with E-state index in [1.165, 1.54) is 13.3 Å². The molecule has 0 amide bonds. The maximum absolute atomic E-state index is 11.0. The lowest BCUT2D eigenvalue weighted by Crippen LogP contribution is -2.07. The number of rotatable bonds is 2. The molecule has 0 aliphatic heterocycles. The standard InChI is InChI=1S/C9H7BrN2O2/c1-14-9(13)4-6-7(10)2-3-12-8(6)5-11/h2-3H,4H2,1H3. The third kappa shape index (κ3) is 2.30. The Morgan fingerprint density at radius 2 is 2.50 bits per heavy atom. The van der Waals surface area contributed by atoms with Gasteiger partial charge in [-0.2, -0.15) is 5.26 Å². The van der Waals surface area contributed by atoms with Crippen LogP contribution in [0.1, 0.15) is 11.3 Å². The lowest BCUT2D eigenvalue weighted by atomic mass is 10.1. The first-order chi connectivity index (χ1) is 6.69. The van der Waals surface area contributed by atoms with Crippen molar-refractivity contribution in [2.45, 2.75) is 6.42 Å². The van der Waals surface area contributed by atoms with E-state index in [0.717, 1.165) is 0 Å². The van der Waals surface area contributed by atoms with Crippen LogP contribution < -0.4 is 0 Å². The number of pyridine rings is 1. The molecule has 0 aliphatic rings. The minimum absolute atomic E-state index is 0.0494. The molecule has 1 aromatic rings. The van der Waals surface area contributed by atoms with Gasteiger partial charge in [0.25, 0.3) is 0 Å². The molecule has 72 valence electrons. The van der Waals surface area contributed by atoms with Crippen molar-refractivity contribution >= 4 is 21.9 Å². The van der Waals surface area contributed by atoms with Crippen LogP contribution >= 0.6 is 15.9 Å². The van der Waals surface area contributed by atoms with Gasteiger partial charge < -0.3 is 4.74 Å². The first-order valence-electron chi connectivity index (χ1n) is 3.79. The fourth-order valence-electron chi connectivity index (χ4n) is 0.950. The van der Waals surface area contributed by atoms with Crippen LogP contribution in [0.15, 0.2) is 16.7 Å². The molecule has 1 heterocycles. The summed E-state index contributed by atoms with van der Waals surface area (Å²) in [6.07, 6.45) is 1.55. The van der Waals surface area contributed by atoms with E-state index in [9.17, 15) is 4.79 Å². The Morgan fingerprint density at radius 3 is 3.07 bits per heavy atom. The summed E-state index contributed by atoms with van der Waals surface area (Å²) in [4.78, 5) is 14.9. The first-order valence-corrected chi connectivity index (χ1v) is 4.58. The molecule has 4 nitrogen and oxygen atoms in total. The number of nitriles is 1. The third-order valence-corrected chi connectivity index (χ3v) is 2.40. The SMILES string of the molecule is COC(=O)Cc1c(Br)ccnc1C#N. The van der Waals surface area contributed by atoms with E-state index < -0.39 is 5.97 Å². The summed E-state index contributed by atoms with van der Waals surface area (Å²) in [5.74, 6) is -0.393. The van der Waals surface area contributed by atoms with E-state index >= 15 is 0 Å². The number of methoxy groups -OCH3 is 1. The second-order valence-electron chi connectivity index (χ2n) is 2.48. The van der Waals surface area contributed by atoms with E-state index in [0.29, 0.717) is 10.0 Å². The first kappa shape index (κ1) is 10.7. The normalized spacial score (nSPS) is 9.21. The number of hydrogen-bond acceptors (Lipinski definition) is 4. The highest BCUT2D eigenvalue weighted by Gasteiger charge is 2.12. The zero-order valence-electron chi connectivity index (χ0n) is 7.45. The third-order valence-electron chi connectivity index (χ3n) is 1.65. The Balaban J connectivity index is 3.06. The molecule has 0 saturated heterocycles. The van der Waals surface area contributed by atoms with Crippen molar-refractivity contribution < 1.29 is 9.53 Å². The van der Waals surface area contributed by atoms with Crippen LogP contribution in [0, 0.1) is 11.3 Å². The predicted octanol–water partition coefficient (Wildman–Crippen LogP) is 1.43. The number of esters is 1. The molecule has 1 rings (SSSR count). The van der Waals surface area contributed by atoms with Gasteiger partial charge in [0.15, 0.2) is 0 Å². The Hall–Kier alpha value is -1.41. The van der Waals surface area contributed by atoms with Crippen LogP contribution in [-0.2, 0) is 16.0 Å². The van der Waals surface area contributed by atoms with E-state index in [-0.39, 0.29) is 12.1 Å². The molecule has 0 aromatic carbocycles. The summed E-state index contributed by atoms with van der Waals surface area (Å²) in [7, 11) is 1.30. The van der Waals surface area contributed by atoms with Gasteiger partial charge in [0.05, 0.1) is 13.5 Å². The molecule has 0 radical (unpaired) electrons. The predicted molar refractivity (Wildman–Crippen MR) is 52.4 cm³/mol. The van der Waals surface area contributed by atoms with E-state index in [1.54, 1.807) is 6.07 Å². The number of halogens is 1. The number of carbonyl (C=O) groups excluding carboxylic acids is 1. The monoisotopic (exact) mass is 254 g/mol. The van der Waals surface area contributed by atoms with Crippen LogP contribution in [0.3, 0.4) is 0 Å². The van der Waals surface area contributed by atoms with Crippen LogP contribution in [0.25, 0.3) is 0 Å². The van der Waals surface area contributed by atoms with Crippen LogP contribution in [0.5, 0.6) is 0 Å². The quantitative estimate of drug-likeness (QED) is 0.750. The fraction of sp³-hybridized carbons (Fsp3) is 0.222. The second-order valence-corrected chi connectivity index (χ2v) is 3.34. The highest BCUT2D eigenvalue weighted by molar-refractivity contribution is 9.10. The molecule has 0 bridgehead atoms. The van der Waals surface area contributed by atoms with Gasteiger partial charge in [0.1, 0.15) is 11.8 Å². The lowest BCUT2D eigenvalue weighted by Gasteiger charge is -2.03. The molecular formula is C9H7BrN2O2. The topological polar surface area (TPSA) is 63.0 Å². The number of carbonyl (C=O) groups is 1. The zero-order chi connectivity index (χ0) is 10.6. The molecule has 14 heavy (non-hydrogen) atoms. The highest BCUT2D eigenvalue weighted by atomic mass is 79.9. The minimum atomic E-state index is -0.393. The smallest absolute Gasteiger partial charge is 0.310 e. The lowest BCUT2D eigenvalue weighted by molar-refractivity contribution is -0.139. The summed E-state index contributed by atoms with van der Waals surface area (Å²) in [5.41, 5.74) is 0.798. The molecule has 0 aliphatic carbocycles. The van der Waals surface area contributed by atoms with E-state index in [1.807, 2.05) is 6.07 Å². The molecule has 0 fully saturated rings. The van der Waals surface area contributed by atoms with Gasteiger partial charge >= 0.3 is 5.97 Å². The molecular weight excluding hydrogens is 248 g/mol. The van der Waals surface area contributed by atoms with Crippen molar-refractivity contribution in [3.8, 4) is 6.07 Å². The molecule has 0 spiro atoms. The van der Waals surface area contributed by atoms with Gasteiger partial charge in [-0.25, -0.2) is 4.98 Å². The van der Waals surface area contributed by atoms with E-state index in [4.69, 9.17) is 5.26 Å². The molecule has 0 N–H and O–H groups in total. The van der Waals surface area contributed by atoms with Crippen molar-refractivity contribution in [2.75, 3.05) is 7.11 Å². The van der Waals surface area contributed by atoms with Crippen LogP contribution in [0.4, 0.5) is 0 Å². The van der Waals surface area contributed by atoms with Crippen molar-refractivity contribution in [3.63, 3.8) is 0 Å². The van der Waals surface area contributed by atoms with Crippen molar-refractivity contribution in [2.24, 2.45) is 0 Å². The summed E-state index contributed by atoms with van der Waals surface area (Å²) < 4.78 is 5.20. The van der Waals surface area contributed by atoms with Crippen molar-refractivity contribution in [1.82, 2.24) is 4.98 Å². The number of nitrogens with zero attached hydrogens (tertiary/aromatic N) is 2. The fourth-order valence-corrected chi connectivity index (χ4v) is 1.40. The Bertz CT molecular complexity index is 398. The van der Waals surface area contributed by atoms with Gasteiger partial charge in [0.2, 0.25) is 0 Å². The van der Waals surface area contributed by atoms with Gasteiger partial charge in [-0.05, 0) is 6.07 Å². The van der Waals surface area contributed by atoms with Crippen LogP contribution in [0.2, 0.25) is 0 Å². The van der Waals surface area contributed by atoms with Crippen molar-refractivity contribution in [1.29, 1.82) is 5.26 Å². The largest absolute Gasteiger partial charge is 0.469 e. The van der Waals surface area contributed by atoms with Gasteiger partial charge in [-0.3, -0.25) is 4.79 Å². The number of aromatic nitrogens is 1. The average Bonchev–Trinajstić information content (AvgIpc) is 2.20. The van der Waals surface area contributed by atoms with Crippen LogP contribution in [-0.4, -0.2) is 18.1 Å².